The molecule has 18 heavy (non-hydrogen) atoms. The number of hydrogen-bond acceptors (Lipinski definition) is 5. The van der Waals surface area contributed by atoms with Crippen LogP contribution in [0.3, 0.4) is 0 Å². The van der Waals surface area contributed by atoms with Crippen molar-refractivity contribution in [1.29, 1.82) is 0 Å². The van der Waals surface area contributed by atoms with Gasteiger partial charge in [0.2, 0.25) is 5.16 Å². The molecule has 7 heteroatoms. The second-order valence-corrected chi connectivity index (χ2v) is 6.20. The first kappa shape index (κ1) is 12.0. The number of hydrogen-bond donors (Lipinski definition) is 1. The fourth-order valence-electron chi connectivity index (χ4n) is 3.36. The lowest BCUT2D eigenvalue weighted by atomic mass is 9.89. The van der Waals surface area contributed by atoms with Gasteiger partial charge in [0.05, 0.1) is 5.75 Å². The molecule has 3 rings (SSSR count). The molecule has 3 unspecified atom stereocenters. The van der Waals surface area contributed by atoms with E-state index in [0.717, 1.165) is 18.4 Å². The summed E-state index contributed by atoms with van der Waals surface area (Å²) >= 11 is 1.19. The fraction of sp³-hybridized carbons (Fsp3) is 0.818. The molecule has 1 aromatic heterocycles. The van der Waals surface area contributed by atoms with Crippen molar-refractivity contribution in [2.45, 2.75) is 37.4 Å². The summed E-state index contributed by atoms with van der Waals surface area (Å²) in [6, 6.07) is 0. The molecule has 0 saturated heterocycles. The van der Waals surface area contributed by atoms with Crippen LogP contribution in [0.4, 0.5) is 0 Å². The van der Waals surface area contributed by atoms with E-state index in [1.807, 2.05) is 0 Å². The van der Waals surface area contributed by atoms with E-state index in [1.54, 1.807) is 4.68 Å². The zero-order valence-electron chi connectivity index (χ0n) is 10.0. The molecule has 0 spiro atoms. The first-order valence-corrected chi connectivity index (χ1v) is 7.31. The monoisotopic (exact) mass is 268 g/mol. The molecule has 2 aliphatic rings. The SMILES string of the molecule is O=C(O)CSc1nnnn1CC1CC2CCC1C2. The predicted molar refractivity (Wildman–Crippen MR) is 65.1 cm³/mol. The number of thioether (sulfide) groups is 1. The van der Waals surface area contributed by atoms with E-state index in [1.165, 1.54) is 37.4 Å². The minimum Gasteiger partial charge on any atom is -0.481 e. The molecule has 0 aliphatic heterocycles. The van der Waals surface area contributed by atoms with Crippen molar-refractivity contribution in [3.8, 4) is 0 Å². The molecular weight excluding hydrogens is 252 g/mol. The third-order valence-electron chi connectivity index (χ3n) is 4.12. The maximum absolute atomic E-state index is 10.6. The van der Waals surface area contributed by atoms with Crippen LogP contribution in [0.15, 0.2) is 5.16 Å². The maximum Gasteiger partial charge on any atom is 0.313 e. The highest BCUT2D eigenvalue weighted by Gasteiger charge is 2.39. The van der Waals surface area contributed by atoms with Crippen LogP contribution in [0, 0.1) is 17.8 Å². The van der Waals surface area contributed by atoms with Crippen LogP contribution < -0.4 is 0 Å². The van der Waals surface area contributed by atoms with Crippen molar-refractivity contribution < 1.29 is 9.90 Å². The van der Waals surface area contributed by atoms with E-state index in [2.05, 4.69) is 15.5 Å². The molecule has 2 aliphatic carbocycles. The summed E-state index contributed by atoms with van der Waals surface area (Å²) in [6.07, 6.45) is 5.38. The zero-order valence-corrected chi connectivity index (χ0v) is 10.8. The lowest BCUT2D eigenvalue weighted by Crippen LogP contribution is -2.19. The lowest BCUT2D eigenvalue weighted by molar-refractivity contribution is -0.133. The van der Waals surface area contributed by atoms with E-state index in [4.69, 9.17) is 5.11 Å². The molecule has 0 radical (unpaired) electrons. The van der Waals surface area contributed by atoms with Gasteiger partial charge in [0, 0.05) is 6.54 Å². The Morgan fingerprint density at radius 3 is 3.00 bits per heavy atom. The second-order valence-electron chi connectivity index (χ2n) is 5.26. The predicted octanol–water partition coefficient (Wildman–Crippen LogP) is 1.29. The normalized spacial score (nSPS) is 29.9. The van der Waals surface area contributed by atoms with E-state index in [9.17, 15) is 4.79 Å². The van der Waals surface area contributed by atoms with Gasteiger partial charge in [0.15, 0.2) is 0 Å². The van der Waals surface area contributed by atoms with Gasteiger partial charge in [-0.3, -0.25) is 4.79 Å². The Bertz CT molecular complexity index is 450. The molecule has 1 aromatic rings. The number of carbonyl (C=O) groups is 1. The Labute approximate surface area is 109 Å². The van der Waals surface area contributed by atoms with Crippen LogP contribution in [-0.4, -0.2) is 37.0 Å². The highest BCUT2D eigenvalue weighted by atomic mass is 32.2. The number of fused-ring (bicyclic) bond motifs is 2. The van der Waals surface area contributed by atoms with Crippen molar-refractivity contribution in [1.82, 2.24) is 20.2 Å². The van der Waals surface area contributed by atoms with Crippen LogP contribution in [0.5, 0.6) is 0 Å². The molecule has 3 atom stereocenters. The van der Waals surface area contributed by atoms with Crippen LogP contribution in [-0.2, 0) is 11.3 Å². The van der Waals surface area contributed by atoms with Crippen molar-refractivity contribution in [3.05, 3.63) is 0 Å². The summed E-state index contributed by atoms with van der Waals surface area (Å²) in [5.41, 5.74) is 0. The third-order valence-corrected chi connectivity index (χ3v) is 5.06. The number of carboxylic acids is 1. The van der Waals surface area contributed by atoms with Gasteiger partial charge in [-0.25, -0.2) is 4.68 Å². The molecule has 0 aromatic carbocycles. The fourth-order valence-corrected chi connectivity index (χ4v) is 3.97. The lowest BCUT2D eigenvalue weighted by Gasteiger charge is -2.21. The smallest absolute Gasteiger partial charge is 0.313 e. The van der Waals surface area contributed by atoms with Gasteiger partial charge in [-0.2, -0.15) is 0 Å². The number of nitrogens with zero attached hydrogens (tertiary/aromatic N) is 4. The summed E-state index contributed by atoms with van der Waals surface area (Å²) in [7, 11) is 0. The van der Waals surface area contributed by atoms with Gasteiger partial charge in [-0.05, 0) is 47.4 Å². The van der Waals surface area contributed by atoms with Gasteiger partial charge >= 0.3 is 5.97 Å². The van der Waals surface area contributed by atoms with Crippen LogP contribution in [0.2, 0.25) is 0 Å². The highest BCUT2D eigenvalue weighted by molar-refractivity contribution is 7.99. The summed E-state index contributed by atoms with van der Waals surface area (Å²) < 4.78 is 1.78. The maximum atomic E-state index is 10.6. The first-order chi connectivity index (χ1) is 8.72. The number of aromatic nitrogens is 4. The average molecular weight is 268 g/mol. The minimum absolute atomic E-state index is 0.0110. The standard InChI is InChI=1S/C11H16N4O2S/c16-10(17)6-18-11-12-13-14-15(11)5-9-4-7-1-2-8(9)3-7/h7-9H,1-6H2,(H,16,17). The largest absolute Gasteiger partial charge is 0.481 e. The summed E-state index contributed by atoms with van der Waals surface area (Å²) in [6.45, 7) is 0.843. The molecule has 2 fully saturated rings. The molecule has 1 heterocycles. The second kappa shape index (κ2) is 4.87. The number of aliphatic carboxylic acids is 1. The Morgan fingerprint density at radius 1 is 1.44 bits per heavy atom. The first-order valence-electron chi connectivity index (χ1n) is 6.33. The van der Waals surface area contributed by atoms with Crippen molar-refractivity contribution >= 4 is 17.7 Å². The molecule has 6 nitrogen and oxygen atoms in total. The Balaban J connectivity index is 1.62. The number of carboxylic acid groups (broad SMARTS) is 1. The van der Waals surface area contributed by atoms with E-state index in [0.29, 0.717) is 11.1 Å². The Hall–Kier alpha value is -1.11. The Kier molecular flexibility index (Phi) is 3.23. The van der Waals surface area contributed by atoms with Crippen molar-refractivity contribution in [2.75, 3.05) is 5.75 Å². The topological polar surface area (TPSA) is 80.9 Å². The van der Waals surface area contributed by atoms with Gasteiger partial charge in [-0.1, -0.05) is 18.2 Å². The summed E-state index contributed by atoms with van der Waals surface area (Å²) in [4.78, 5) is 10.6. The highest BCUT2D eigenvalue weighted by Crippen LogP contribution is 2.48. The average Bonchev–Trinajstić information content (AvgIpc) is 3.02. The molecular formula is C11H16N4O2S. The van der Waals surface area contributed by atoms with Gasteiger partial charge in [0.1, 0.15) is 0 Å². The zero-order chi connectivity index (χ0) is 12.5. The van der Waals surface area contributed by atoms with Gasteiger partial charge in [0.25, 0.3) is 0 Å². The minimum atomic E-state index is -0.838. The number of rotatable bonds is 5. The van der Waals surface area contributed by atoms with Crippen LogP contribution in [0.1, 0.15) is 25.7 Å². The van der Waals surface area contributed by atoms with E-state index in [-0.39, 0.29) is 5.75 Å². The summed E-state index contributed by atoms with van der Waals surface area (Å²) in [5.74, 6) is 1.59. The third kappa shape index (κ3) is 2.36. The van der Waals surface area contributed by atoms with Crippen molar-refractivity contribution in [2.24, 2.45) is 17.8 Å². The van der Waals surface area contributed by atoms with Crippen LogP contribution in [0.25, 0.3) is 0 Å². The number of tetrazole rings is 1. The van der Waals surface area contributed by atoms with Gasteiger partial charge < -0.3 is 5.11 Å². The molecule has 2 saturated carbocycles. The quantitative estimate of drug-likeness (QED) is 0.810. The molecule has 1 N–H and O–H groups in total. The summed E-state index contributed by atoms with van der Waals surface area (Å²) in [5, 5.41) is 20.8. The Morgan fingerprint density at radius 2 is 2.33 bits per heavy atom. The molecule has 98 valence electrons. The van der Waals surface area contributed by atoms with Crippen molar-refractivity contribution in [3.63, 3.8) is 0 Å². The van der Waals surface area contributed by atoms with E-state index >= 15 is 0 Å². The van der Waals surface area contributed by atoms with E-state index < -0.39 is 5.97 Å². The van der Waals surface area contributed by atoms with Crippen LogP contribution >= 0.6 is 11.8 Å². The van der Waals surface area contributed by atoms with Gasteiger partial charge in [-0.15, -0.1) is 5.10 Å². The molecule has 2 bridgehead atoms. The molecule has 0 amide bonds.